The molecule has 3 N–H and O–H groups in total. The Balaban J connectivity index is 1.45. The standard InChI is InChI=1S/C22H28N4O2/c1-24-22(26-14-12-19(15-26)18-5-3-2-4-6-18)25-13-11-17-7-9-20(10-8-17)28-16-21(23)27/h2-10,19H,11-16H2,1H3,(H2,23,27)(H,24,25). The van der Waals surface area contributed by atoms with Gasteiger partial charge in [-0.1, -0.05) is 42.5 Å². The van der Waals surface area contributed by atoms with Crippen LogP contribution in [-0.2, 0) is 11.2 Å². The molecule has 0 aliphatic carbocycles. The van der Waals surface area contributed by atoms with Crippen molar-refractivity contribution in [3.63, 3.8) is 0 Å². The van der Waals surface area contributed by atoms with Crippen LogP contribution in [-0.4, -0.2) is 50.1 Å². The zero-order valence-corrected chi connectivity index (χ0v) is 16.3. The zero-order chi connectivity index (χ0) is 19.8. The van der Waals surface area contributed by atoms with Crippen molar-refractivity contribution in [1.29, 1.82) is 0 Å². The molecule has 0 aromatic heterocycles. The fourth-order valence-corrected chi connectivity index (χ4v) is 3.51. The van der Waals surface area contributed by atoms with E-state index in [9.17, 15) is 4.79 Å². The first kappa shape index (κ1) is 19.7. The molecule has 2 aromatic carbocycles. The van der Waals surface area contributed by atoms with Crippen LogP contribution in [0.15, 0.2) is 59.6 Å². The van der Waals surface area contributed by atoms with Gasteiger partial charge in [0.15, 0.2) is 12.6 Å². The van der Waals surface area contributed by atoms with Crippen LogP contribution in [0.25, 0.3) is 0 Å². The number of nitrogens with zero attached hydrogens (tertiary/aromatic N) is 2. The molecular formula is C22H28N4O2. The number of hydrogen-bond acceptors (Lipinski definition) is 3. The molecule has 1 aliphatic rings. The van der Waals surface area contributed by atoms with Crippen LogP contribution in [0.4, 0.5) is 0 Å². The number of nitrogens with two attached hydrogens (primary N) is 1. The molecule has 28 heavy (non-hydrogen) atoms. The van der Waals surface area contributed by atoms with Crippen molar-refractivity contribution in [3.05, 3.63) is 65.7 Å². The molecule has 1 aliphatic heterocycles. The van der Waals surface area contributed by atoms with Crippen molar-refractivity contribution in [1.82, 2.24) is 10.2 Å². The third kappa shape index (κ3) is 5.49. The van der Waals surface area contributed by atoms with E-state index in [2.05, 4.69) is 45.5 Å². The second kappa shape index (κ2) is 9.78. The number of rotatable bonds is 7. The van der Waals surface area contributed by atoms with Gasteiger partial charge in [0.05, 0.1) is 0 Å². The maximum absolute atomic E-state index is 10.8. The van der Waals surface area contributed by atoms with E-state index in [0.717, 1.165) is 38.4 Å². The highest BCUT2D eigenvalue weighted by molar-refractivity contribution is 5.80. The lowest BCUT2D eigenvalue weighted by Crippen LogP contribution is -2.40. The Labute approximate surface area is 166 Å². The molecular weight excluding hydrogens is 352 g/mol. The molecule has 6 heteroatoms. The maximum atomic E-state index is 10.8. The molecule has 0 spiro atoms. The summed E-state index contributed by atoms with van der Waals surface area (Å²) in [6.07, 6.45) is 2.03. The van der Waals surface area contributed by atoms with Crippen LogP contribution < -0.4 is 15.8 Å². The van der Waals surface area contributed by atoms with Crippen molar-refractivity contribution < 1.29 is 9.53 Å². The highest BCUT2D eigenvalue weighted by atomic mass is 16.5. The number of ether oxygens (including phenoxy) is 1. The van der Waals surface area contributed by atoms with Crippen LogP contribution in [0, 0.1) is 0 Å². The van der Waals surface area contributed by atoms with Crippen molar-refractivity contribution >= 4 is 11.9 Å². The average Bonchev–Trinajstić information content (AvgIpc) is 3.21. The third-order valence-electron chi connectivity index (χ3n) is 4.97. The van der Waals surface area contributed by atoms with Gasteiger partial charge in [0.1, 0.15) is 5.75 Å². The van der Waals surface area contributed by atoms with E-state index in [-0.39, 0.29) is 6.61 Å². The van der Waals surface area contributed by atoms with Crippen molar-refractivity contribution in [2.24, 2.45) is 10.7 Å². The lowest BCUT2D eigenvalue weighted by Gasteiger charge is -2.22. The minimum atomic E-state index is -0.476. The van der Waals surface area contributed by atoms with Gasteiger partial charge in [-0.05, 0) is 36.1 Å². The third-order valence-corrected chi connectivity index (χ3v) is 4.97. The summed E-state index contributed by atoms with van der Waals surface area (Å²) in [5, 5.41) is 3.47. The fourth-order valence-electron chi connectivity index (χ4n) is 3.51. The van der Waals surface area contributed by atoms with E-state index in [1.54, 1.807) is 0 Å². The van der Waals surface area contributed by atoms with E-state index < -0.39 is 5.91 Å². The van der Waals surface area contributed by atoms with Gasteiger partial charge in [0.25, 0.3) is 5.91 Å². The van der Waals surface area contributed by atoms with Crippen molar-refractivity contribution in [2.45, 2.75) is 18.8 Å². The second-order valence-electron chi connectivity index (χ2n) is 6.97. The predicted octanol–water partition coefficient (Wildman–Crippen LogP) is 2.16. The average molecular weight is 380 g/mol. The number of guanidine groups is 1. The molecule has 3 rings (SSSR count). The van der Waals surface area contributed by atoms with Crippen molar-refractivity contribution in [3.8, 4) is 5.75 Å². The molecule has 1 unspecified atom stereocenters. The highest BCUT2D eigenvalue weighted by Gasteiger charge is 2.25. The van der Waals surface area contributed by atoms with Gasteiger partial charge in [0, 0.05) is 32.6 Å². The molecule has 148 valence electrons. The summed E-state index contributed by atoms with van der Waals surface area (Å²) in [5.41, 5.74) is 7.68. The van der Waals surface area contributed by atoms with Crippen molar-refractivity contribution in [2.75, 3.05) is 33.3 Å². The minimum Gasteiger partial charge on any atom is -0.484 e. The Hall–Kier alpha value is -3.02. The molecule has 0 saturated carbocycles. The van der Waals surface area contributed by atoms with Gasteiger partial charge < -0.3 is 20.7 Å². The lowest BCUT2D eigenvalue weighted by atomic mass is 9.99. The van der Waals surface area contributed by atoms with Crippen LogP contribution >= 0.6 is 0 Å². The van der Waals surface area contributed by atoms with E-state index >= 15 is 0 Å². The Bertz CT molecular complexity index is 790. The van der Waals surface area contributed by atoms with Gasteiger partial charge in [-0.15, -0.1) is 0 Å². The number of nitrogens with one attached hydrogen (secondary N) is 1. The van der Waals surface area contributed by atoms with Gasteiger partial charge in [-0.3, -0.25) is 9.79 Å². The number of carbonyl (C=O) groups excluding carboxylic acids is 1. The molecule has 0 bridgehead atoms. The summed E-state index contributed by atoms with van der Waals surface area (Å²) < 4.78 is 5.28. The highest BCUT2D eigenvalue weighted by Crippen LogP contribution is 2.26. The number of hydrogen-bond donors (Lipinski definition) is 2. The van der Waals surface area contributed by atoms with E-state index in [1.807, 2.05) is 31.3 Å². The number of amides is 1. The van der Waals surface area contributed by atoms with E-state index in [0.29, 0.717) is 11.7 Å². The lowest BCUT2D eigenvalue weighted by molar-refractivity contribution is -0.119. The predicted molar refractivity (Wildman–Crippen MR) is 112 cm³/mol. The van der Waals surface area contributed by atoms with Gasteiger partial charge in [-0.2, -0.15) is 0 Å². The summed E-state index contributed by atoms with van der Waals surface area (Å²) in [7, 11) is 1.84. The largest absolute Gasteiger partial charge is 0.484 e. The Kier molecular flexibility index (Phi) is 6.89. The number of carbonyl (C=O) groups is 1. The second-order valence-corrected chi connectivity index (χ2v) is 6.97. The number of benzene rings is 2. The molecule has 1 atom stereocenters. The monoisotopic (exact) mass is 380 g/mol. The molecule has 6 nitrogen and oxygen atoms in total. The summed E-state index contributed by atoms with van der Waals surface area (Å²) in [4.78, 5) is 17.5. The van der Waals surface area contributed by atoms with Gasteiger partial charge in [0.2, 0.25) is 0 Å². The summed E-state index contributed by atoms with van der Waals surface area (Å²) in [5.74, 6) is 1.69. The first-order valence-electron chi connectivity index (χ1n) is 9.66. The molecule has 1 fully saturated rings. The fraction of sp³-hybridized carbons (Fsp3) is 0.364. The van der Waals surface area contributed by atoms with Crippen LogP contribution in [0.5, 0.6) is 5.75 Å². The normalized spacial score (nSPS) is 16.8. The Morgan fingerprint density at radius 3 is 2.64 bits per heavy atom. The van der Waals surface area contributed by atoms with Gasteiger partial charge >= 0.3 is 0 Å². The summed E-state index contributed by atoms with van der Waals surface area (Å²) in [6, 6.07) is 18.4. The molecule has 1 saturated heterocycles. The van der Waals surface area contributed by atoms with Gasteiger partial charge in [-0.25, -0.2) is 0 Å². The maximum Gasteiger partial charge on any atom is 0.255 e. The molecule has 1 heterocycles. The van der Waals surface area contributed by atoms with Crippen LogP contribution in [0.1, 0.15) is 23.5 Å². The first-order chi connectivity index (χ1) is 13.7. The molecule has 2 aromatic rings. The first-order valence-corrected chi connectivity index (χ1v) is 9.66. The number of aliphatic imine (C=N–C) groups is 1. The zero-order valence-electron chi connectivity index (χ0n) is 16.3. The smallest absolute Gasteiger partial charge is 0.255 e. The summed E-state index contributed by atoms with van der Waals surface area (Å²) in [6.45, 7) is 2.72. The summed E-state index contributed by atoms with van der Waals surface area (Å²) >= 11 is 0. The van der Waals surface area contributed by atoms with E-state index in [1.165, 1.54) is 11.1 Å². The minimum absolute atomic E-state index is 0.100. The Morgan fingerprint density at radius 1 is 1.21 bits per heavy atom. The molecule has 0 radical (unpaired) electrons. The van der Waals surface area contributed by atoms with E-state index in [4.69, 9.17) is 10.5 Å². The molecule has 1 amide bonds. The number of likely N-dealkylation sites (tertiary alicyclic amines) is 1. The van der Waals surface area contributed by atoms with Crippen LogP contribution in [0.2, 0.25) is 0 Å². The Morgan fingerprint density at radius 2 is 1.96 bits per heavy atom. The topological polar surface area (TPSA) is 80.0 Å². The van der Waals surface area contributed by atoms with Crippen LogP contribution in [0.3, 0.4) is 0 Å². The number of primary amides is 1. The SMILES string of the molecule is CN=C(NCCc1ccc(OCC(N)=O)cc1)N1CCC(c2ccccc2)C1. The quantitative estimate of drug-likeness (QED) is 0.570.